The summed E-state index contributed by atoms with van der Waals surface area (Å²) in [6, 6.07) is 22.3. The lowest BCUT2D eigenvalue weighted by Gasteiger charge is -2.25. The molecule has 6 nitrogen and oxygen atoms in total. The number of nitrogens with zero attached hydrogens (tertiary/aromatic N) is 2. The van der Waals surface area contributed by atoms with E-state index in [-0.39, 0.29) is 12.2 Å². The van der Waals surface area contributed by atoms with Gasteiger partial charge in [0, 0.05) is 15.6 Å². The first-order valence-corrected chi connectivity index (χ1v) is 15.1. The molecular weight excluding hydrogens is 691 g/mol. The van der Waals surface area contributed by atoms with Gasteiger partial charge in [0.25, 0.3) is 5.56 Å². The predicted octanol–water partition coefficient (Wildman–Crippen LogP) is 5.70. The summed E-state index contributed by atoms with van der Waals surface area (Å²) in [4.78, 5) is 33.0. The summed E-state index contributed by atoms with van der Waals surface area (Å²) >= 11 is 7.08. The van der Waals surface area contributed by atoms with Crippen molar-refractivity contribution >= 4 is 67.6 Å². The van der Waals surface area contributed by atoms with Crippen LogP contribution in [0.4, 0.5) is 0 Å². The first-order valence-electron chi connectivity index (χ1n) is 12.4. The zero-order valence-corrected chi connectivity index (χ0v) is 25.7. The van der Waals surface area contributed by atoms with Crippen LogP contribution in [0.5, 0.6) is 5.75 Å². The van der Waals surface area contributed by atoms with E-state index in [1.54, 1.807) is 11.5 Å². The van der Waals surface area contributed by atoms with E-state index in [1.165, 1.54) is 11.3 Å². The van der Waals surface area contributed by atoms with Crippen LogP contribution in [0.3, 0.4) is 0 Å². The van der Waals surface area contributed by atoms with Gasteiger partial charge in [-0.1, -0.05) is 87.9 Å². The molecule has 9 heteroatoms. The standard InChI is InChI=1S/C30H24BrIN2O4S/c1-3-37-27-20(15-21(31)17-22(27)32)16-23-28(35)34-26(19-13-9-6-10-14-19)24(29(36)38-4-2)25(33-30(34)39-23)18-11-7-5-8-12-18/h5-17,26H,3-4H2,1-2H3/b23-16-/t26-/m0/s1. The molecule has 5 rings (SSSR count). The monoisotopic (exact) mass is 714 g/mol. The largest absolute Gasteiger partial charge is 0.492 e. The molecule has 0 saturated heterocycles. The Hall–Kier alpha value is -3.02. The van der Waals surface area contributed by atoms with E-state index in [1.807, 2.05) is 85.8 Å². The molecule has 39 heavy (non-hydrogen) atoms. The molecule has 0 bridgehead atoms. The number of hydrogen-bond donors (Lipinski definition) is 0. The Morgan fingerprint density at radius 1 is 1.08 bits per heavy atom. The molecule has 1 aromatic heterocycles. The topological polar surface area (TPSA) is 69.9 Å². The molecule has 198 valence electrons. The molecule has 0 fully saturated rings. The summed E-state index contributed by atoms with van der Waals surface area (Å²) in [6.07, 6.45) is 1.83. The number of esters is 1. The minimum atomic E-state index is -0.701. The third-order valence-corrected chi connectivity index (χ3v) is 8.34. The summed E-state index contributed by atoms with van der Waals surface area (Å²) in [5, 5.41) is 0. The number of hydrogen-bond acceptors (Lipinski definition) is 6. The van der Waals surface area contributed by atoms with Crippen LogP contribution in [-0.2, 0) is 9.53 Å². The van der Waals surface area contributed by atoms with Crippen LogP contribution in [0.1, 0.15) is 36.6 Å². The zero-order valence-electron chi connectivity index (χ0n) is 21.2. The van der Waals surface area contributed by atoms with Crippen molar-refractivity contribution in [3.63, 3.8) is 0 Å². The summed E-state index contributed by atoms with van der Waals surface area (Å²) in [5.74, 6) is 0.215. The number of carbonyl (C=O) groups excluding carboxylic acids is 1. The number of carbonyl (C=O) groups is 1. The maximum Gasteiger partial charge on any atom is 0.338 e. The fourth-order valence-corrected chi connectivity index (χ4v) is 7.21. The van der Waals surface area contributed by atoms with Crippen LogP contribution in [-0.4, -0.2) is 23.8 Å². The average Bonchev–Trinajstić information content (AvgIpc) is 3.25. The van der Waals surface area contributed by atoms with E-state index in [0.29, 0.717) is 33.0 Å². The van der Waals surface area contributed by atoms with Gasteiger partial charge in [-0.2, -0.15) is 0 Å². The van der Waals surface area contributed by atoms with Crippen molar-refractivity contribution < 1.29 is 14.3 Å². The number of benzene rings is 3. The lowest BCUT2D eigenvalue weighted by Crippen LogP contribution is -2.40. The Kier molecular flexibility index (Phi) is 8.49. The third-order valence-electron chi connectivity index (χ3n) is 6.10. The van der Waals surface area contributed by atoms with Crippen molar-refractivity contribution in [1.29, 1.82) is 0 Å². The molecule has 2 heterocycles. The molecule has 1 atom stereocenters. The Balaban J connectivity index is 1.83. The summed E-state index contributed by atoms with van der Waals surface area (Å²) in [5.41, 5.74) is 2.95. The van der Waals surface area contributed by atoms with E-state index in [9.17, 15) is 9.59 Å². The van der Waals surface area contributed by atoms with Crippen LogP contribution in [0.2, 0.25) is 0 Å². The van der Waals surface area contributed by atoms with Crippen molar-refractivity contribution in [2.24, 2.45) is 4.99 Å². The average molecular weight is 715 g/mol. The van der Waals surface area contributed by atoms with Gasteiger partial charge in [-0.3, -0.25) is 9.36 Å². The van der Waals surface area contributed by atoms with Gasteiger partial charge in [0.1, 0.15) is 5.75 Å². The summed E-state index contributed by atoms with van der Waals surface area (Å²) in [7, 11) is 0. The Morgan fingerprint density at radius 3 is 2.44 bits per heavy atom. The molecule has 0 unspecified atom stereocenters. The minimum absolute atomic E-state index is 0.206. The minimum Gasteiger partial charge on any atom is -0.492 e. The van der Waals surface area contributed by atoms with Gasteiger partial charge in [0.2, 0.25) is 0 Å². The molecule has 4 aromatic rings. The maximum atomic E-state index is 14.1. The summed E-state index contributed by atoms with van der Waals surface area (Å²) in [6.45, 7) is 4.40. The second-order valence-corrected chi connectivity index (χ2v) is 11.7. The van der Waals surface area contributed by atoms with Crippen LogP contribution >= 0.6 is 49.9 Å². The predicted molar refractivity (Wildman–Crippen MR) is 166 cm³/mol. The normalized spacial score (nSPS) is 15.1. The Labute approximate surface area is 251 Å². The quantitative estimate of drug-likeness (QED) is 0.182. The number of rotatable bonds is 7. The first kappa shape index (κ1) is 27.5. The van der Waals surface area contributed by atoms with E-state index in [4.69, 9.17) is 14.5 Å². The Morgan fingerprint density at radius 2 is 1.77 bits per heavy atom. The molecule has 0 radical (unpaired) electrons. The number of fused-ring (bicyclic) bond motifs is 1. The molecule has 0 saturated carbocycles. The van der Waals surface area contributed by atoms with Crippen molar-refractivity contribution in [3.8, 4) is 5.75 Å². The molecular formula is C30H24BrIN2O4S. The van der Waals surface area contributed by atoms with Crippen molar-refractivity contribution in [3.05, 3.63) is 123 Å². The van der Waals surface area contributed by atoms with E-state index < -0.39 is 12.0 Å². The molecule has 0 amide bonds. The van der Waals surface area contributed by atoms with Crippen molar-refractivity contribution in [2.45, 2.75) is 19.9 Å². The second kappa shape index (κ2) is 12.0. The SMILES string of the molecule is CCOC(=O)C1=C(c2ccccc2)N=c2s/c(=C\c3cc(Br)cc(I)c3OCC)c(=O)n2[C@H]1c1ccccc1. The molecule has 0 N–H and O–H groups in total. The molecule has 3 aromatic carbocycles. The summed E-state index contributed by atoms with van der Waals surface area (Å²) < 4.78 is 15.3. The van der Waals surface area contributed by atoms with E-state index >= 15 is 0 Å². The van der Waals surface area contributed by atoms with Crippen LogP contribution in [0.25, 0.3) is 11.8 Å². The maximum absolute atomic E-state index is 14.1. The van der Waals surface area contributed by atoms with Gasteiger partial charge < -0.3 is 9.47 Å². The first-order chi connectivity index (χ1) is 18.9. The second-order valence-electron chi connectivity index (χ2n) is 8.58. The smallest absolute Gasteiger partial charge is 0.338 e. The zero-order chi connectivity index (χ0) is 27.5. The highest BCUT2D eigenvalue weighted by atomic mass is 127. The van der Waals surface area contributed by atoms with Gasteiger partial charge in [0.15, 0.2) is 4.80 Å². The molecule has 0 spiro atoms. The third kappa shape index (κ3) is 5.53. The number of halogens is 2. The van der Waals surface area contributed by atoms with Crippen LogP contribution in [0.15, 0.2) is 92.6 Å². The highest BCUT2D eigenvalue weighted by molar-refractivity contribution is 14.1. The molecule has 1 aliphatic heterocycles. The van der Waals surface area contributed by atoms with Gasteiger partial charge in [-0.05, 0) is 60.2 Å². The number of ether oxygens (including phenoxy) is 2. The van der Waals surface area contributed by atoms with Crippen LogP contribution < -0.4 is 19.6 Å². The molecule has 0 aliphatic carbocycles. The van der Waals surface area contributed by atoms with E-state index in [2.05, 4.69) is 38.5 Å². The van der Waals surface area contributed by atoms with Crippen molar-refractivity contribution in [2.75, 3.05) is 13.2 Å². The number of aromatic nitrogens is 1. The Bertz CT molecular complexity index is 1750. The fraction of sp³-hybridized carbons (Fsp3) is 0.167. The van der Waals surface area contributed by atoms with Gasteiger partial charge >= 0.3 is 5.97 Å². The fourth-order valence-electron chi connectivity index (χ4n) is 4.52. The van der Waals surface area contributed by atoms with Crippen LogP contribution in [0, 0.1) is 3.57 Å². The highest BCUT2D eigenvalue weighted by Gasteiger charge is 2.35. The van der Waals surface area contributed by atoms with Gasteiger partial charge in [0.05, 0.1) is 38.6 Å². The molecule has 1 aliphatic rings. The van der Waals surface area contributed by atoms with Gasteiger partial charge in [-0.25, -0.2) is 9.79 Å². The lowest BCUT2D eigenvalue weighted by molar-refractivity contribution is -0.138. The van der Waals surface area contributed by atoms with E-state index in [0.717, 1.165) is 24.7 Å². The van der Waals surface area contributed by atoms with Gasteiger partial charge in [-0.15, -0.1) is 0 Å². The lowest BCUT2D eigenvalue weighted by atomic mass is 9.93. The number of thiazole rings is 1. The van der Waals surface area contributed by atoms with Crippen molar-refractivity contribution in [1.82, 2.24) is 4.57 Å². The highest BCUT2D eigenvalue weighted by Crippen LogP contribution is 2.35.